The molecule has 1 N–H and O–H groups in total. The molecule has 3 aliphatic rings. The summed E-state index contributed by atoms with van der Waals surface area (Å²) in [7, 11) is 0. The summed E-state index contributed by atoms with van der Waals surface area (Å²) in [5, 5.41) is 9.27. The SMILES string of the molecule is CCCCC/C=C\C/C=C\CCCCCCCCC1(CCCCCCCC/C=C\C/C=C\CCCCC)CC2(C1)O[C@H]1CC(CCCO)C[C@H]1O2. The summed E-state index contributed by atoms with van der Waals surface area (Å²) in [5.41, 5.74) is 0.444. The monoisotopic (exact) mass is 709 g/mol. The van der Waals surface area contributed by atoms with Crippen molar-refractivity contribution in [1.82, 2.24) is 0 Å². The molecule has 0 radical (unpaired) electrons. The average Bonchev–Trinajstić information content (AvgIpc) is 3.66. The standard InChI is InChI=1S/C48H84O3/c1-3-5-7-9-11-13-15-17-19-21-23-25-27-29-31-33-37-47(42-48(43-47)50-45-40-44(36-35-39-49)41-46(45)51-48)38-34-32-30-28-26-24-22-20-18-16-14-12-10-8-6-4-2/h11-14,17-20,44-46,49H,3-10,15-16,21-43H2,1-2H3/b13-11-,14-12-,19-17-,20-18-/t44?,45-,46+. The number of hydrogen-bond donors (Lipinski definition) is 1. The molecule has 0 aromatic heterocycles. The molecule has 3 heteroatoms. The zero-order valence-electron chi connectivity index (χ0n) is 33.9. The summed E-state index contributed by atoms with van der Waals surface area (Å²) in [4.78, 5) is 0. The van der Waals surface area contributed by atoms with Crippen molar-refractivity contribution in [2.45, 2.75) is 237 Å². The lowest BCUT2D eigenvalue weighted by Gasteiger charge is -2.54. The Balaban J connectivity index is 1.26. The highest BCUT2D eigenvalue weighted by molar-refractivity contribution is 5.06. The predicted octanol–water partition coefficient (Wildman–Crippen LogP) is 14.8. The smallest absolute Gasteiger partial charge is 0.170 e. The van der Waals surface area contributed by atoms with Crippen LogP contribution >= 0.6 is 0 Å². The van der Waals surface area contributed by atoms with E-state index in [9.17, 15) is 5.11 Å². The van der Waals surface area contributed by atoms with Crippen LogP contribution in [0.2, 0.25) is 0 Å². The van der Waals surface area contributed by atoms with Crippen LogP contribution in [0.15, 0.2) is 48.6 Å². The van der Waals surface area contributed by atoms with Crippen LogP contribution in [0.4, 0.5) is 0 Å². The summed E-state index contributed by atoms with van der Waals surface area (Å²) in [5.74, 6) is 0.402. The van der Waals surface area contributed by atoms with Crippen molar-refractivity contribution < 1.29 is 14.6 Å². The summed E-state index contributed by atoms with van der Waals surface area (Å²) < 4.78 is 13.5. The Morgan fingerprint density at radius 3 is 1.29 bits per heavy atom. The van der Waals surface area contributed by atoms with Gasteiger partial charge in [-0.1, -0.05) is 152 Å². The van der Waals surface area contributed by atoms with Gasteiger partial charge < -0.3 is 14.6 Å². The summed E-state index contributed by atoms with van der Waals surface area (Å²) in [6.07, 6.45) is 60.6. The second-order valence-electron chi connectivity index (χ2n) is 16.9. The quantitative estimate of drug-likeness (QED) is 0.0545. The van der Waals surface area contributed by atoms with E-state index in [1.54, 1.807) is 0 Å². The first-order valence-corrected chi connectivity index (χ1v) is 22.7. The molecule has 0 aromatic rings. The van der Waals surface area contributed by atoms with Crippen molar-refractivity contribution in [3.63, 3.8) is 0 Å². The zero-order chi connectivity index (χ0) is 36.1. The molecular formula is C48H84O3. The summed E-state index contributed by atoms with van der Waals surface area (Å²) in [6, 6.07) is 0. The molecule has 3 rings (SSSR count). The van der Waals surface area contributed by atoms with Gasteiger partial charge in [-0.2, -0.15) is 0 Å². The van der Waals surface area contributed by atoms with Gasteiger partial charge in [0.05, 0.1) is 12.2 Å². The van der Waals surface area contributed by atoms with Crippen LogP contribution in [0.5, 0.6) is 0 Å². The van der Waals surface area contributed by atoms with Crippen molar-refractivity contribution in [3.8, 4) is 0 Å². The van der Waals surface area contributed by atoms with Crippen molar-refractivity contribution in [2.24, 2.45) is 11.3 Å². The number of fused-ring (bicyclic) bond motifs is 1. The highest BCUT2D eigenvalue weighted by atomic mass is 16.8. The fourth-order valence-electron chi connectivity index (χ4n) is 9.21. The van der Waals surface area contributed by atoms with Crippen LogP contribution in [0.1, 0.15) is 219 Å². The minimum Gasteiger partial charge on any atom is -0.396 e. The maximum Gasteiger partial charge on any atom is 0.170 e. The summed E-state index contributed by atoms with van der Waals surface area (Å²) in [6.45, 7) is 4.85. The minimum atomic E-state index is -0.270. The van der Waals surface area contributed by atoms with Gasteiger partial charge in [0.1, 0.15) is 0 Å². The molecule has 1 spiro atoms. The number of unbranched alkanes of at least 4 members (excludes halogenated alkanes) is 18. The third-order valence-electron chi connectivity index (χ3n) is 12.2. The van der Waals surface area contributed by atoms with Gasteiger partial charge in [0, 0.05) is 19.4 Å². The molecular weight excluding hydrogens is 625 g/mol. The van der Waals surface area contributed by atoms with Gasteiger partial charge in [-0.15, -0.1) is 0 Å². The second-order valence-corrected chi connectivity index (χ2v) is 16.9. The first-order valence-electron chi connectivity index (χ1n) is 22.7. The van der Waals surface area contributed by atoms with Crippen molar-refractivity contribution in [1.29, 1.82) is 0 Å². The molecule has 0 bridgehead atoms. The third kappa shape index (κ3) is 19.1. The Morgan fingerprint density at radius 2 is 0.882 bits per heavy atom. The van der Waals surface area contributed by atoms with Gasteiger partial charge in [-0.3, -0.25) is 0 Å². The number of allylic oxidation sites excluding steroid dienone is 8. The highest BCUT2D eigenvalue weighted by Gasteiger charge is 2.62. The van der Waals surface area contributed by atoms with Gasteiger partial charge in [0.2, 0.25) is 0 Å². The molecule has 0 amide bonds. The molecule has 3 fully saturated rings. The van der Waals surface area contributed by atoms with E-state index in [0.29, 0.717) is 30.1 Å². The van der Waals surface area contributed by atoms with Crippen LogP contribution in [0.25, 0.3) is 0 Å². The number of rotatable bonds is 33. The van der Waals surface area contributed by atoms with E-state index >= 15 is 0 Å². The van der Waals surface area contributed by atoms with Crippen molar-refractivity contribution in [3.05, 3.63) is 48.6 Å². The Labute approximate surface area is 317 Å². The van der Waals surface area contributed by atoms with E-state index in [1.807, 2.05) is 0 Å². The van der Waals surface area contributed by atoms with Gasteiger partial charge in [0.15, 0.2) is 5.79 Å². The molecule has 3 nitrogen and oxygen atoms in total. The fraction of sp³-hybridized carbons (Fsp3) is 0.833. The lowest BCUT2D eigenvalue weighted by atomic mass is 9.59. The third-order valence-corrected chi connectivity index (χ3v) is 12.2. The molecule has 2 saturated carbocycles. The molecule has 1 aliphatic heterocycles. The number of aliphatic hydroxyl groups excluding tert-OH is 1. The summed E-state index contributed by atoms with van der Waals surface area (Å²) >= 11 is 0. The predicted molar refractivity (Wildman–Crippen MR) is 221 cm³/mol. The van der Waals surface area contributed by atoms with Crippen molar-refractivity contribution in [2.75, 3.05) is 6.61 Å². The largest absolute Gasteiger partial charge is 0.396 e. The zero-order valence-corrected chi connectivity index (χ0v) is 33.9. The van der Waals surface area contributed by atoms with Crippen LogP contribution in [0, 0.1) is 11.3 Å². The van der Waals surface area contributed by atoms with E-state index in [0.717, 1.165) is 51.4 Å². The molecule has 2 aliphatic carbocycles. The van der Waals surface area contributed by atoms with Gasteiger partial charge in [0.25, 0.3) is 0 Å². The van der Waals surface area contributed by atoms with Crippen LogP contribution in [-0.4, -0.2) is 29.7 Å². The van der Waals surface area contributed by atoms with E-state index in [-0.39, 0.29) is 5.79 Å². The molecule has 3 atom stereocenters. The normalized spacial score (nSPS) is 22.5. The topological polar surface area (TPSA) is 38.7 Å². The minimum absolute atomic E-state index is 0.270. The Hall–Kier alpha value is -1.16. The molecule has 1 unspecified atom stereocenters. The maximum absolute atomic E-state index is 9.27. The second kappa shape index (κ2) is 28.3. The lowest BCUT2D eigenvalue weighted by Crippen LogP contribution is -2.53. The number of aliphatic hydroxyl groups is 1. The lowest BCUT2D eigenvalue weighted by molar-refractivity contribution is -0.281. The Kier molecular flexibility index (Phi) is 24.6. The molecule has 51 heavy (non-hydrogen) atoms. The first kappa shape index (κ1) is 44.2. The van der Waals surface area contributed by atoms with Gasteiger partial charge >= 0.3 is 0 Å². The number of hydrogen-bond acceptors (Lipinski definition) is 3. The number of ether oxygens (including phenoxy) is 2. The fourth-order valence-corrected chi connectivity index (χ4v) is 9.21. The van der Waals surface area contributed by atoms with E-state index in [1.165, 1.54) is 154 Å². The van der Waals surface area contributed by atoms with Crippen LogP contribution < -0.4 is 0 Å². The molecule has 294 valence electrons. The average molecular weight is 709 g/mol. The van der Waals surface area contributed by atoms with Gasteiger partial charge in [-0.25, -0.2) is 0 Å². The van der Waals surface area contributed by atoms with Crippen molar-refractivity contribution >= 4 is 0 Å². The Morgan fingerprint density at radius 1 is 0.490 bits per heavy atom. The Bertz CT molecular complexity index is 874. The van der Waals surface area contributed by atoms with E-state index in [2.05, 4.69) is 62.5 Å². The van der Waals surface area contributed by atoms with Gasteiger partial charge in [-0.05, 0) is 114 Å². The maximum atomic E-state index is 9.27. The van der Waals surface area contributed by atoms with Crippen LogP contribution in [0.3, 0.4) is 0 Å². The van der Waals surface area contributed by atoms with E-state index in [4.69, 9.17) is 9.47 Å². The molecule has 0 aromatic carbocycles. The molecule has 1 saturated heterocycles. The van der Waals surface area contributed by atoms with Crippen LogP contribution in [-0.2, 0) is 9.47 Å². The van der Waals surface area contributed by atoms with E-state index < -0.39 is 0 Å². The highest BCUT2D eigenvalue weighted by Crippen LogP contribution is 2.61. The first-order chi connectivity index (χ1) is 25.1. The molecule has 1 heterocycles.